The largest absolute Gasteiger partial charge is 0.467 e. The lowest BCUT2D eigenvalue weighted by atomic mass is 10.1. The Balaban J connectivity index is 1.56. The molecule has 0 unspecified atom stereocenters. The molecule has 0 spiro atoms. The van der Waals surface area contributed by atoms with Gasteiger partial charge in [0, 0.05) is 11.7 Å². The molecule has 3 aromatic rings. The predicted molar refractivity (Wildman–Crippen MR) is 92.4 cm³/mol. The molecule has 0 radical (unpaired) electrons. The minimum absolute atomic E-state index is 0.226. The quantitative estimate of drug-likeness (QED) is 0.789. The van der Waals surface area contributed by atoms with E-state index >= 15 is 0 Å². The molecule has 0 fully saturated rings. The number of para-hydroxylation sites is 1. The summed E-state index contributed by atoms with van der Waals surface area (Å²) < 4.78 is 5.60. The summed E-state index contributed by atoms with van der Waals surface area (Å²) in [6.07, 6.45) is 2.56. The van der Waals surface area contributed by atoms with Crippen LogP contribution in [0.25, 0.3) is 0 Å². The fraction of sp³-hybridized carbons (Fsp3) is 0.235. The van der Waals surface area contributed by atoms with E-state index in [4.69, 9.17) is 4.42 Å². The normalized spacial score (nSPS) is 16.2. The third-order valence-corrected chi connectivity index (χ3v) is 4.84. The summed E-state index contributed by atoms with van der Waals surface area (Å²) >= 11 is 1.28. The molecule has 1 aliphatic heterocycles. The molecule has 1 atom stereocenters. The number of nitrogens with zero attached hydrogens (tertiary/aromatic N) is 3. The van der Waals surface area contributed by atoms with E-state index in [1.54, 1.807) is 17.8 Å². The highest BCUT2D eigenvalue weighted by Crippen LogP contribution is 2.33. The Kier molecular flexibility index (Phi) is 3.78. The number of amides is 1. The van der Waals surface area contributed by atoms with Crippen LogP contribution in [0.1, 0.15) is 28.6 Å². The number of aromatic nitrogens is 2. The summed E-state index contributed by atoms with van der Waals surface area (Å²) in [6, 6.07) is 10.4. The first-order valence-corrected chi connectivity index (χ1v) is 8.59. The first kappa shape index (κ1) is 14.9. The Hall–Kier alpha value is -2.67. The number of carbonyl (C=O) groups is 1. The lowest BCUT2D eigenvalue weighted by Gasteiger charge is -2.24. The van der Waals surface area contributed by atoms with Gasteiger partial charge in [0.25, 0.3) is 5.91 Å². The van der Waals surface area contributed by atoms with Crippen LogP contribution >= 0.6 is 11.3 Å². The Bertz CT molecular complexity index is 859. The monoisotopic (exact) mass is 340 g/mol. The van der Waals surface area contributed by atoms with Gasteiger partial charge in [-0.25, -0.2) is 0 Å². The number of rotatable bonds is 4. The number of carbonyl (C=O) groups excluding carboxylic acids is 1. The summed E-state index contributed by atoms with van der Waals surface area (Å²) in [4.78, 5) is 14.7. The Morgan fingerprint density at radius 2 is 2.29 bits per heavy atom. The Morgan fingerprint density at radius 3 is 3.12 bits per heavy atom. The zero-order chi connectivity index (χ0) is 16.5. The van der Waals surface area contributed by atoms with Crippen molar-refractivity contribution in [2.75, 3.05) is 10.2 Å². The van der Waals surface area contributed by atoms with Crippen molar-refractivity contribution in [1.82, 2.24) is 10.2 Å². The van der Waals surface area contributed by atoms with Gasteiger partial charge in [-0.3, -0.25) is 10.1 Å². The third kappa shape index (κ3) is 2.67. The van der Waals surface area contributed by atoms with E-state index in [-0.39, 0.29) is 5.91 Å². The second-order valence-corrected chi connectivity index (χ2v) is 6.60. The van der Waals surface area contributed by atoms with Crippen LogP contribution in [0.15, 0.2) is 46.5 Å². The van der Waals surface area contributed by atoms with Crippen molar-refractivity contribution in [2.24, 2.45) is 0 Å². The van der Waals surface area contributed by atoms with Crippen LogP contribution in [-0.4, -0.2) is 22.1 Å². The first-order chi connectivity index (χ1) is 11.7. The van der Waals surface area contributed by atoms with Gasteiger partial charge in [0.15, 0.2) is 0 Å². The summed E-state index contributed by atoms with van der Waals surface area (Å²) in [6.45, 7) is 2.74. The molecule has 0 saturated carbocycles. The number of hydrogen-bond donors (Lipinski definition) is 1. The number of anilines is 2. The molecule has 6 nitrogen and oxygen atoms in total. The van der Waals surface area contributed by atoms with Crippen LogP contribution in [0.2, 0.25) is 0 Å². The molecular weight excluding hydrogens is 324 g/mol. The standard InChI is InChI=1S/C17H16N4O2S/c1-11-8-12-4-2-3-5-14(12)21(11)9-15-13(6-7-23-15)16(22)19-17-20-18-10-24-17/h2-7,10-11H,8-9H2,1H3,(H,19,20,22)/t11-/m1/s1. The SMILES string of the molecule is C[C@@H]1Cc2ccccc2N1Cc1occc1C(=O)Nc1nncs1. The van der Waals surface area contributed by atoms with E-state index in [1.165, 1.54) is 22.6 Å². The average molecular weight is 340 g/mol. The van der Waals surface area contributed by atoms with Crippen molar-refractivity contribution in [2.45, 2.75) is 25.9 Å². The molecule has 1 N–H and O–H groups in total. The number of fused-ring (bicyclic) bond motifs is 1. The highest BCUT2D eigenvalue weighted by atomic mass is 32.1. The van der Waals surface area contributed by atoms with E-state index in [1.807, 2.05) is 6.07 Å². The number of furan rings is 1. The van der Waals surface area contributed by atoms with Crippen molar-refractivity contribution in [1.29, 1.82) is 0 Å². The minimum Gasteiger partial charge on any atom is -0.467 e. The third-order valence-electron chi connectivity index (χ3n) is 4.23. The maximum Gasteiger partial charge on any atom is 0.261 e. The van der Waals surface area contributed by atoms with Gasteiger partial charge in [-0.15, -0.1) is 10.2 Å². The van der Waals surface area contributed by atoms with Crippen molar-refractivity contribution in [3.05, 3.63) is 59.0 Å². The van der Waals surface area contributed by atoms with Gasteiger partial charge in [0.1, 0.15) is 11.3 Å². The Morgan fingerprint density at radius 1 is 1.42 bits per heavy atom. The number of benzene rings is 1. The lowest BCUT2D eigenvalue weighted by Crippen LogP contribution is -2.29. The highest BCUT2D eigenvalue weighted by Gasteiger charge is 2.28. The molecule has 7 heteroatoms. The maximum atomic E-state index is 12.4. The van der Waals surface area contributed by atoms with Gasteiger partial charge in [-0.2, -0.15) is 0 Å². The molecule has 0 bridgehead atoms. The van der Waals surface area contributed by atoms with Gasteiger partial charge in [0.05, 0.1) is 18.4 Å². The van der Waals surface area contributed by atoms with E-state index < -0.39 is 0 Å². The number of nitrogens with one attached hydrogen (secondary N) is 1. The molecule has 4 rings (SSSR count). The van der Waals surface area contributed by atoms with Gasteiger partial charge >= 0.3 is 0 Å². The second kappa shape index (κ2) is 6.09. The summed E-state index contributed by atoms with van der Waals surface area (Å²) in [7, 11) is 0. The molecule has 1 amide bonds. The van der Waals surface area contributed by atoms with Crippen LogP contribution in [0, 0.1) is 0 Å². The van der Waals surface area contributed by atoms with E-state index in [9.17, 15) is 4.79 Å². The Labute approximate surface area is 143 Å². The molecule has 24 heavy (non-hydrogen) atoms. The van der Waals surface area contributed by atoms with Crippen LogP contribution in [0.4, 0.5) is 10.8 Å². The summed E-state index contributed by atoms with van der Waals surface area (Å²) in [5.41, 5.74) is 4.64. The molecule has 1 aromatic carbocycles. The molecule has 1 aliphatic rings. The minimum atomic E-state index is -0.226. The van der Waals surface area contributed by atoms with Crippen LogP contribution < -0.4 is 10.2 Å². The topological polar surface area (TPSA) is 71.3 Å². The van der Waals surface area contributed by atoms with Crippen LogP contribution in [-0.2, 0) is 13.0 Å². The van der Waals surface area contributed by atoms with Crippen molar-refractivity contribution < 1.29 is 9.21 Å². The van der Waals surface area contributed by atoms with Gasteiger partial charge < -0.3 is 9.32 Å². The van der Waals surface area contributed by atoms with E-state index in [2.05, 4.69) is 45.5 Å². The molecule has 2 aromatic heterocycles. The van der Waals surface area contributed by atoms with Gasteiger partial charge in [-0.1, -0.05) is 29.5 Å². The maximum absolute atomic E-state index is 12.4. The lowest BCUT2D eigenvalue weighted by molar-refractivity contribution is 0.102. The van der Waals surface area contributed by atoms with Crippen LogP contribution in [0.5, 0.6) is 0 Å². The number of hydrogen-bond acceptors (Lipinski definition) is 6. The van der Waals surface area contributed by atoms with E-state index in [0.29, 0.717) is 29.0 Å². The predicted octanol–water partition coefficient (Wildman–Crippen LogP) is 3.33. The van der Waals surface area contributed by atoms with Crippen molar-refractivity contribution in [3.63, 3.8) is 0 Å². The summed E-state index contributed by atoms with van der Waals surface area (Å²) in [5, 5.41) is 10.8. The second-order valence-electron chi connectivity index (χ2n) is 5.77. The molecule has 0 aliphatic carbocycles. The zero-order valence-corrected chi connectivity index (χ0v) is 13.9. The van der Waals surface area contributed by atoms with Crippen molar-refractivity contribution >= 4 is 28.1 Å². The van der Waals surface area contributed by atoms with Gasteiger partial charge in [0.2, 0.25) is 5.13 Å². The van der Waals surface area contributed by atoms with Crippen molar-refractivity contribution in [3.8, 4) is 0 Å². The van der Waals surface area contributed by atoms with Crippen LogP contribution in [0.3, 0.4) is 0 Å². The fourth-order valence-corrected chi connectivity index (χ4v) is 3.52. The average Bonchev–Trinajstić information content (AvgIpc) is 3.29. The zero-order valence-electron chi connectivity index (χ0n) is 13.1. The molecule has 3 heterocycles. The first-order valence-electron chi connectivity index (χ1n) is 7.71. The molecule has 0 saturated heterocycles. The van der Waals surface area contributed by atoms with Gasteiger partial charge in [-0.05, 0) is 31.0 Å². The molecule has 122 valence electrons. The summed E-state index contributed by atoms with van der Waals surface area (Å²) in [5.74, 6) is 0.427. The smallest absolute Gasteiger partial charge is 0.261 e. The van der Waals surface area contributed by atoms with E-state index in [0.717, 1.165) is 6.42 Å². The highest BCUT2D eigenvalue weighted by molar-refractivity contribution is 7.13. The molecular formula is C17H16N4O2S. The fourth-order valence-electron chi connectivity index (χ4n) is 3.08.